The highest BCUT2D eigenvalue weighted by molar-refractivity contribution is 9.11. The van der Waals surface area contributed by atoms with E-state index in [2.05, 4.69) is 37.2 Å². The normalized spacial score (nSPS) is 14.8. The number of aryl methyl sites for hydroxylation is 2. The third-order valence-corrected chi connectivity index (χ3v) is 7.26. The summed E-state index contributed by atoms with van der Waals surface area (Å²) in [6.07, 6.45) is 1.52. The van der Waals surface area contributed by atoms with E-state index >= 15 is 0 Å². The molecule has 1 fully saturated rings. The summed E-state index contributed by atoms with van der Waals surface area (Å²) in [6, 6.07) is 16.7. The first-order valence-corrected chi connectivity index (χ1v) is 12.9. The van der Waals surface area contributed by atoms with Crippen molar-refractivity contribution in [3.8, 4) is 11.5 Å². The van der Waals surface area contributed by atoms with Gasteiger partial charge in [0.2, 0.25) is 0 Å². The van der Waals surface area contributed by atoms with Crippen LogP contribution in [-0.2, 0) is 16.2 Å². The van der Waals surface area contributed by atoms with Crippen LogP contribution in [-0.4, -0.2) is 24.0 Å². The molecule has 0 aliphatic carbocycles. The van der Waals surface area contributed by atoms with Gasteiger partial charge in [-0.2, -0.15) is 0 Å². The molecule has 1 aliphatic rings. The van der Waals surface area contributed by atoms with Crippen LogP contribution in [0.2, 0.25) is 0 Å². The summed E-state index contributed by atoms with van der Waals surface area (Å²) >= 11 is 12.3. The van der Waals surface area contributed by atoms with Crippen LogP contribution in [0.15, 0.2) is 69.1 Å². The molecule has 0 radical (unpaired) electrons. The number of anilines is 1. The van der Waals surface area contributed by atoms with Crippen LogP contribution >= 0.6 is 44.1 Å². The maximum atomic E-state index is 13.3. The monoisotopic (exact) mass is 628 g/mol. The molecule has 0 saturated carbocycles. The predicted molar refractivity (Wildman–Crippen MR) is 151 cm³/mol. The van der Waals surface area contributed by atoms with E-state index in [9.17, 15) is 9.59 Å². The van der Waals surface area contributed by atoms with Crippen molar-refractivity contribution in [3.63, 3.8) is 0 Å². The van der Waals surface area contributed by atoms with Gasteiger partial charge in [0.25, 0.3) is 11.8 Å². The Hall–Kier alpha value is -3.01. The fraction of sp³-hybridized carbons (Fsp3) is 0.148. The lowest BCUT2D eigenvalue weighted by Crippen LogP contribution is -2.54. The van der Waals surface area contributed by atoms with Crippen molar-refractivity contribution in [3.05, 3.63) is 91.4 Å². The lowest BCUT2D eigenvalue weighted by molar-refractivity contribution is -0.122. The fourth-order valence-electron chi connectivity index (χ4n) is 3.61. The summed E-state index contributed by atoms with van der Waals surface area (Å²) in [6.45, 7) is 4.27. The van der Waals surface area contributed by atoms with Gasteiger partial charge in [-0.1, -0.05) is 50.1 Å². The Morgan fingerprint density at radius 1 is 0.972 bits per heavy atom. The van der Waals surface area contributed by atoms with E-state index in [-0.39, 0.29) is 10.7 Å². The number of amides is 2. The Kier molecular flexibility index (Phi) is 7.92. The molecule has 1 saturated heterocycles. The minimum atomic E-state index is -0.551. The Morgan fingerprint density at radius 2 is 1.75 bits per heavy atom. The van der Waals surface area contributed by atoms with Gasteiger partial charge in [0.1, 0.15) is 12.2 Å². The number of hydrogen-bond donors (Lipinski definition) is 1. The highest BCUT2D eigenvalue weighted by Gasteiger charge is 2.34. The van der Waals surface area contributed by atoms with Crippen molar-refractivity contribution in [1.29, 1.82) is 0 Å². The summed E-state index contributed by atoms with van der Waals surface area (Å²) in [5.74, 6) is -0.0366. The molecule has 3 aromatic carbocycles. The van der Waals surface area contributed by atoms with Gasteiger partial charge in [0.05, 0.1) is 12.8 Å². The molecule has 0 aromatic heterocycles. The molecule has 6 nitrogen and oxygen atoms in total. The predicted octanol–water partition coefficient (Wildman–Crippen LogP) is 6.25. The third kappa shape index (κ3) is 5.53. The smallest absolute Gasteiger partial charge is 0.270 e. The fourth-order valence-corrected chi connectivity index (χ4v) is 5.05. The molecule has 0 spiro atoms. The van der Waals surface area contributed by atoms with Gasteiger partial charge in [0.15, 0.2) is 16.6 Å². The van der Waals surface area contributed by atoms with Gasteiger partial charge in [-0.05, 0) is 85.2 Å². The van der Waals surface area contributed by atoms with Crippen LogP contribution in [0, 0.1) is 13.8 Å². The Morgan fingerprint density at radius 3 is 2.44 bits per heavy atom. The number of carbonyl (C=O) groups is 2. The third-order valence-electron chi connectivity index (χ3n) is 5.75. The van der Waals surface area contributed by atoms with Crippen LogP contribution in [0.25, 0.3) is 6.08 Å². The molecule has 0 unspecified atom stereocenters. The summed E-state index contributed by atoms with van der Waals surface area (Å²) in [4.78, 5) is 27.3. The maximum absolute atomic E-state index is 13.3. The molecule has 4 rings (SSSR count). The van der Waals surface area contributed by atoms with Gasteiger partial charge in [-0.25, -0.2) is 0 Å². The Balaban J connectivity index is 1.60. The first-order chi connectivity index (χ1) is 17.2. The number of thiocarbonyl (C=S) groups is 1. The van der Waals surface area contributed by atoms with Crippen molar-refractivity contribution in [1.82, 2.24) is 5.32 Å². The number of ether oxygens (including phenoxy) is 2. The van der Waals surface area contributed by atoms with Crippen LogP contribution in [0.4, 0.5) is 5.69 Å². The minimum absolute atomic E-state index is 0.0312. The van der Waals surface area contributed by atoms with E-state index < -0.39 is 11.8 Å². The van der Waals surface area contributed by atoms with E-state index in [1.165, 1.54) is 18.1 Å². The second-order valence-corrected chi connectivity index (χ2v) is 10.3. The van der Waals surface area contributed by atoms with Gasteiger partial charge in [-0.15, -0.1) is 0 Å². The number of halogens is 2. The zero-order valence-corrected chi connectivity index (χ0v) is 23.7. The van der Waals surface area contributed by atoms with E-state index in [4.69, 9.17) is 21.7 Å². The number of carbonyl (C=O) groups excluding carboxylic acids is 2. The molecule has 0 atom stereocenters. The molecule has 36 heavy (non-hydrogen) atoms. The summed E-state index contributed by atoms with van der Waals surface area (Å²) in [5, 5.41) is 2.66. The molecule has 1 aliphatic heterocycles. The quantitative estimate of drug-likeness (QED) is 0.198. The Bertz CT molecular complexity index is 1420. The highest BCUT2D eigenvalue weighted by atomic mass is 79.9. The van der Waals surface area contributed by atoms with Crippen LogP contribution < -0.4 is 19.7 Å². The number of methoxy groups -OCH3 is 1. The van der Waals surface area contributed by atoms with Crippen molar-refractivity contribution >= 4 is 72.8 Å². The van der Waals surface area contributed by atoms with E-state index in [1.54, 1.807) is 24.3 Å². The number of nitrogens with zero attached hydrogens (tertiary/aromatic N) is 1. The van der Waals surface area contributed by atoms with Crippen LogP contribution in [0.5, 0.6) is 11.5 Å². The molecule has 2 amide bonds. The van der Waals surface area contributed by atoms with Gasteiger partial charge in [0, 0.05) is 14.5 Å². The number of rotatable bonds is 6. The van der Waals surface area contributed by atoms with Crippen molar-refractivity contribution in [2.45, 2.75) is 20.5 Å². The zero-order valence-electron chi connectivity index (χ0n) is 19.7. The maximum Gasteiger partial charge on any atom is 0.270 e. The van der Waals surface area contributed by atoms with E-state index in [0.29, 0.717) is 29.4 Å². The van der Waals surface area contributed by atoms with E-state index in [0.717, 1.165) is 25.6 Å². The largest absolute Gasteiger partial charge is 0.493 e. The standard InChI is InChI=1S/C27H22Br2N2O4S/c1-15-4-8-20(10-16(15)2)31-26(33)21(25(32)30-27(31)36)11-17-5-9-23(24(12-17)34-3)35-14-18-6-7-19(28)13-22(18)29/h4-13H,14H2,1-3H3,(H,30,32,36)/b21-11+. The van der Waals surface area contributed by atoms with Gasteiger partial charge < -0.3 is 9.47 Å². The van der Waals surface area contributed by atoms with Gasteiger partial charge in [-0.3, -0.25) is 19.8 Å². The van der Waals surface area contributed by atoms with Crippen molar-refractivity contribution < 1.29 is 19.1 Å². The van der Waals surface area contributed by atoms with Gasteiger partial charge >= 0.3 is 0 Å². The summed E-state index contributed by atoms with van der Waals surface area (Å²) in [5.41, 5.74) is 4.25. The summed E-state index contributed by atoms with van der Waals surface area (Å²) in [7, 11) is 1.53. The molecule has 0 bridgehead atoms. The highest BCUT2D eigenvalue weighted by Crippen LogP contribution is 2.32. The molecule has 1 heterocycles. The first-order valence-electron chi connectivity index (χ1n) is 10.9. The van der Waals surface area contributed by atoms with E-state index in [1.807, 2.05) is 44.2 Å². The lowest BCUT2D eigenvalue weighted by Gasteiger charge is -2.29. The molecular formula is C27H22Br2N2O4S. The average molecular weight is 630 g/mol. The minimum Gasteiger partial charge on any atom is -0.493 e. The second-order valence-electron chi connectivity index (χ2n) is 8.16. The molecule has 1 N–H and O–H groups in total. The van der Waals surface area contributed by atoms with Crippen molar-refractivity contribution in [2.75, 3.05) is 12.0 Å². The molecular weight excluding hydrogens is 608 g/mol. The number of benzene rings is 3. The number of nitrogens with one attached hydrogen (secondary N) is 1. The topological polar surface area (TPSA) is 67.9 Å². The molecule has 3 aromatic rings. The number of hydrogen-bond acceptors (Lipinski definition) is 5. The van der Waals surface area contributed by atoms with Crippen molar-refractivity contribution in [2.24, 2.45) is 0 Å². The summed E-state index contributed by atoms with van der Waals surface area (Å²) < 4.78 is 13.4. The average Bonchev–Trinajstić information content (AvgIpc) is 2.83. The second kappa shape index (κ2) is 10.9. The Labute approximate surface area is 231 Å². The lowest BCUT2D eigenvalue weighted by atomic mass is 10.0. The van der Waals surface area contributed by atoms with Crippen LogP contribution in [0.3, 0.4) is 0 Å². The van der Waals surface area contributed by atoms with Crippen LogP contribution in [0.1, 0.15) is 22.3 Å². The zero-order chi connectivity index (χ0) is 26.0. The first kappa shape index (κ1) is 26.1. The molecule has 184 valence electrons. The molecule has 9 heteroatoms. The SMILES string of the molecule is COc1cc(/C=C2\C(=O)NC(=S)N(c3ccc(C)c(C)c3)C2=O)ccc1OCc1ccc(Br)cc1Br.